The number of primary amides is 1. The van der Waals surface area contributed by atoms with Gasteiger partial charge in [0.1, 0.15) is 0 Å². The van der Waals surface area contributed by atoms with Crippen LogP contribution in [0.5, 0.6) is 0 Å². The summed E-state index contributed by atoms with van der Waals surface area (Å²) in [6.45, 7) is -0.157. The standard InChI is InChI=1S/C5H6N4O4/c6-3(10)4-9-8-2(13-4)1-7-5(11)12/h7H,1H2,(H2,6,10)(H,11,12). The van der Waals surface area contributed by atoms with E-state index >= 15 is 0 Å². The summed E-state index contributed by atoms with van der Waals surface area (Å²) in [6.07, 6.45) is -1.22. The predicted molar refractivity (Wildman–Crippen MR) is 37.7 cm³/mol. The molecule has 1 aromatic rings. The lowest BCUT2D eigenvalue weighted by molar-refractivity contribution is 0.0965. The zero-order chi connectivity index (χ0) is 9.84. The molecule has 0 aliphatic carbocycles. The second-order valence-electron chi connectivity index (χ2n) is 2.02. The minimum Gasteiger partial charge on any atom is -0.465 e. The van der Waals surface area contributed by atoms with Crippen LogP contribution in [0.2, 0.25) is 0 Å². The number of nitrogens with one attached hydrogen (secondary N) is 1. The molecule has 70 valence electrons. The van der Waals surface area contributed by atoms with E-state index in [0.29, 0.717) is 0 Å². The van der Waals surface area contributed by atoms with E-state index in [1.165, 1.54) is 0 Å². The summed E-state index contributed by atoms with van der Waals surface area (Å²) >= 11 is 0. The van der Waals surface area contributed by atoms with Gasteiger partial charge in [0.15, 0.2) is 0 Å². The Kier molecular flexibility index (Phi) is 2.43. The van der Waals surface area contributed by atoms with Crippen LogP contribution in [0.4, 0.5) is 4.79 Å². The highest BCUT2D eigenvalue weighted by Gasteiger charge is 2.10. The number of aromatic nitrogens is 2. The molecule has 1 heterocycles. The second kappa shape index (κ2) is 3.52. The SMILES string of the molecule is NC(=O)c1nnc(CNC(=O)O)o1. The number of carboxylic acid groups (broad SMARTS) is 1. The number of hydrogen-bond acceptors (Lipinski definition) is 5. The first-order chi connectivity index (χ1) is 6.09. The van der Waals surface area contributed by atoms with Crippen LogP contribution >= 0.6 is 0 Å². The molecule has 0 aliphatic heterocycles. The average Bonchev–Trinajstić information content (AvgIpc) is 2.48. The lowest BCUT2D eigenvalue weighted by Crippen LogP contribution is -2.20. The molecule has 0 unspecified atom stereocenters. The fraction of sp³-hybridized carbons (Fsp3) is 0.200. The Balaban J connectivity index is 2.59. The smallest absolute Gasteiger partial charge is 0.405 e. The molecular formula is C5H6N4O4. The van der Waals surface area contributed by atoms with Crippen molar-refractivity contribution in [1.82, 2.24) is 15.5 Å². The van der Waals surface area contributed by atoms with Crippen molar-refractivity contribution in [2.45, 2.75) is 6.54 Å². The van der Waals surface area contributed by atoms with Crippen LogP contribution in [-0.4, -0.2) is 27.3 Å². The summed E-state index contributed by atoms with van der Waals surface area (Å²) in [5.74, 6) is -1.22. The molecule has 8 heteroatoms. The molecular weight excluding hydrogens is 180 g/mol. The zero-order valence-corrected chi connectivity index (χ0v) is 6.35. The van der Waals surface area contributed by atoms with Crippen molar-refractivity contribution in [2.75, 3.05) is 0 Å². The largest absolute Gasteiger partial charge is 0.465 e. The molecule has 1 rings (SSSR count). The van der Waals surface area contributed by atoms with Gasteiger partial charge in [-0.2, -0.15) is 0 Å². The second-order valence-corrected chi connectivity index (χ2v) is 2.02. The van der Waals surface area contributed by atoms with Gasteiger partial charge in [-0.3, -0.25) is 4.79 Å². The van der Waals surface area contributed by atoms with Crippen LogP contribution in [0.15, 0.2) is 4.42 Å². The number of amides is 2. The molecule has 4 N–H and O–H groups in total. The van der Waals surface area contributed by atoms with E-state index in [1.807, 2.05) is 5.32 Å². The van der Waals surface area contributed by atoms with E-state index in [2.05, 4.69) is 14.6 Å². The maximum absolute atomic E-state index is 10.4. The van der Waals surface area contributed by atoms with Crippen molar-refractivity contribution in [1.29, 1.82) is 0 Å². The molecule has 0 atom stereocenters. The van der Waals surface area contributed by atoms with Gasteiger partial charge in [0.25, 0.3) is 0 Å². The van der Waals surface area contributed by atoms with Gasteiger partial charge in [-0.15, -0.1) is 10.2 Å². The molecule has 8 nitrogen and oxygen atoms in total. The van der Waals surface area contributed by atoms with Crippen LogP contribution in [-0.2, 0) is 6.54 Å². The minimum atomic E-state index is -1.22. The summed E-state index contributed by atoms with van der Waals surface area (Å²) in [5.41, 5.74) is 4.81. The molecule has 13 heavy (non-hydrogen) atoms. The fourth-order valence-corrected chi connectivity index (χ4v) is 0.576. The highest BCUT2D eigenvalue weighted by molar-refractivity contribution is 5.87. The molecule has 0 bridgehead atoms. The molecule has 0 radical (unpaired) electrons. The maximum atomic E-state index is 10.4. The van der Waals surface area contributed by atoms with Gasteiger partial charge in [-0.05, 0) is 0 Å². The first kappa shape index (κ1) is 8.97. The number of hydrogen-bond donors (Lipinski definition) is 3. The van der Waals surface area contributed by atoms with Crippen LogP contribution in [0.25, 0.3) is 0 Å². The Morgan fingerprint density at radius 3 is 2.69 bits per heavy atom. The van der Waals surface area contributed by atoms with Crippen LogP contribution in [0.3, 0.4) is 0 Å². The Hall–Kier alpha value is -2.12. The van der Waals surface area contributed by atoms with Gasteiger partial charge in [-0.25, -0.2) is 4.79 Å². The normalized spacial score (nSPS) is 9.54. The van der Waals surface area contributed by atoms with Crippen LogP contribution in [0, 0.1) is 0 Å². The first-order valence-corrected chi connectivity index (χ1v) is 3.18. The lowest BCUT2D eigenvalue weighted by atomic mass is 10.6. The molecule has 0 aromatic carbocycles. The third-order valence-corrected chi connectivity index (χ3v) is 1.07. The summed E-state index contributed by atoms with van der Waals surface area (Å²) in [5, 5.41) is 16.8. The Labute approximate surface area is 71.7 Å². The number of nitrogens with two attached hydrogens (primary N) is 1. The van der Waals surface area contributed by atoms with E-state index in [4.69, 9.17) is 10.8 Å². The van der Waals surface area contributed by atoms with Gasteiger partial charge < -0.3 is 20.6 Å². The van der Waals surface area contributed by atoms with Crippen molar-refractivity contribution in [3.05, 3.63) is 11.8 Å². The summed E-state index contributed by atoms with van der Waals surface area (Å²) in [4.78, 5) is 20.5. The van der Waals surface area contributed by atoms with E-state index in [0.717, 1.165) is 0 Å². The van der Waals surface area contributed by atoms with Gasteiger partial charge in [0.05, 0.1) is 6.54 Å². The van der Waals surface area contributed by atoms with E-state index in [9.17, 15) is 9.59 Å². The van der Waals surface area contributed by atoms with Crippen molar-refractivity contribution < 1.29 is 19.1 Å². The van der Waals surface area contributed by atoms with Gasteiger partial charge >= 0.3 is 17.9 Å². The van der Waals surface area contributed by atoms with Crippen molar-refractivity contribution in [3.8, 4) is 0 Å². The topological polar surface area (TPSA) is 131 Å². The van der Waals surface area contributed by atoms with Crippen LogP contribution in [0.1, 0.15) is 16.6 Å². The number of carbonyl (C=O) groups is 2. The number of nitrogens with zero attached hydrogens (tertiary/aromatic N) is 2. The Bertz CT molecular complexity index is 333. The van der Waals surface area contributed by atoms with E-state index < -0.39 is 12.0 Å². The highest BCUT2D eigenvalue weighted by Crippen LogP contribution is 1.97. The Morgan fingerprint density at radius 2 is 2.23 bits per heavy atom. The maximum Gasteiger partial charge on any atom is 0.405 e. The minimum absolute atomic E-state index is 0.0174. The summed E-state index contributed by atoms with van der Waals surface area (Å²) in [7, 11) is 0. The average molecular weight is 186 g/mol. The lowest BCUT2D eigenvalue weighted by Gasteiger charge is -1.92. The number of rotatable bonds is 3. The third kappa shape index (κ3) is 2.43. The molecule has 0 saturated carbocycles. The Morgan fingerprint density at radius 1 is 1.54 bits per heavy atom. The molecule has 0 aliphatic rings. The third-order valence-electron chi connectivity index (χ3n) is 1.07. The van der Waals surface area contributed by atoms with Gasteiger partial charge in [0.2, 0.25) is 5.89 Å². The van der Waals surface area contributed by atoms with Crippen LogP contribution < -0.4 is 11.1 Å². The highest BCUT2D eigenvalue weighted by atomic mass is 16.4. The van der Waals surface area contributed by atoms with E-state index in [1.54, 1.807) is 0 Å². The summed E-state index contributed by atoms with van der Waals surface area (Å²) in [6, 6.07) is 0. The quantitative estimate of drug-likeness (QED) is 0.551. The molecule has 2 amide bonds. The number of carbonyl (C=O) groups excluding carboxylic acids is 1. The molecule has 0 fully saturated rings. The van der Waals surface area contributed by atoms with Crippen molar-refractivity contribution >= 4 is 12.0 Å². The van der Waals surface area contributed by atoms with Gasteiger partial charge in [0, 0.05) is 0 Å². The summed E-state index contributed by atoms with van der Waals surface area (Å²) < 4.78 is 4.67. The molecule has 1 aromatic heterocycles. The monoisotopic (exact) mass is 186 g/mol. The molecule has 0 saturated heterocycles. The molecule has 0 spiro atoms. The van der Waals surface area contributed by atoms with E-state index in [-0.39, 0.29) is 18.3 Å². The zero-order valence-electron chi connectivity index (χ0n) is 6.35. The fourth-order valence-electron chi connectivity index (χ4n) is 0.576. The first-order valence-electron chi connectivity index (χ1n) is 3.18. The van der Waals surface area contributed by atoms with Gasteiger partial charge in [-0.1, -0.05) is 0 Å². The predicted octanol–water partition coefficient (Wildman–Crippen LogP) is -1.06. The van der Waals surface area contributed by atoms with Crippen molar-refractivity contribution in [2.24, 2.45) is 5.73 Å². The van der Waals surface area contributed by atoms with Crippen molar-refractivity contribution in [3.63, 3.8) is 0 Å².